The van der Waals surface area contributed by atoms with Crippen molar-refractivity contribution >= 4 is 5.91 Å². The van der Waals surface area contributed by atoms with Crippen molar-refractivity contribution in [2.45, 2.75) is 19.8 Å². The third-order valence-corrected chi connectivity index (χ3v) is 1.99. The number of aromatic nitrogens is 1. The lowest BCUT2D eigenvalue weighted by Crippen LogP contribution is -2.13. The van der Waals surface area contributed by atoms with Gasteiger partial charge in [-0.15, -0.1) is 0 Å². The van der Waals surface area contributed by atoms with Crippen molar-refractivity contribution in [2.75, 3.05) is 7.11 Å². The number of pyridine rings is 1. The fourth-order valence-electron chi connectivity index (χ4n) is 1.19. The quantitative estimate of drug-likeness (QED) is 0.789. The molecule has 14 heavy (non-hydrogen) atoms. The number of amides is 1. The SMILES string of the molecule is COc1cc(C(N)=O)ncc1C(C)C. The van der Waals surface area contributed by atoms with Gasteiger partial charge in [0, 0.05) is 17.8 Å². The normalized spacial score (nSPS) is 10.3. The largest absolute Gasteiger partial charge is 0.496 e. The number of rotatable bonds is 3. The Morgan fingerprint density at radius 2 is 2.21 bits per heavy atom. The van der Waals surface area contributed by atoms with Crippen molar-refractivity contribution in [2.24, 2.45) is 5.73 Å². The molecular formula is C10H14N2O2. The summed E-state index contributed by atoms with van der Waals surface area (Å²) in [6.45, 7) is 4.06. The molecule has 0 atom stereocenters. The monoisotopic (exact) mass is 194 g/mol. The summed E-state index contributed by atoms with van der Waals surface area (Å²) in [5, 5.41) is 0. The van der Waals surface area contributed by atoms with Crippen LogP contribution < -0.4 is 10.5 Å². The van der Waals surface area contributed by atoms with Crippen LogP contribution in [0.25, 0.3) is 0 Å². The summed E-state index contributed by atoms with van der Waals surface area (Å²) in [6, 6.07) is 1.57. The van der Waals surface area contributed by atoms with Gasteiger partial charge in [-0.25, -0.2) is 0 Å². The van der Waals surface area contributed by atoms with Crippen LogP contribution in [0, 0.1) is 0 Å². The van der Waals surface area contributed by atoms with Crippen LogP contribution in [0.5, 0.6) is 5.75 Å². The maximum absolute atomic E-state index is 10.9. The first-order valence-corrected chi connectivity index (χ1v) is 4.40. The van der Waals surface area contributed by atoms with Crippen molar-refractivity contribution in [3.63, 3.8) is 0 Å². The summed E-state index contributed by atoms with van der Waals surface area (Å²) < 4.78 is 5.15. The minimum Gasteiger partial charge on any atom is -0.496 e. The zero-order chi connectivity index (χ0) is 10.7. The molecule has 0 saturated carbocycles. The van der Waals surface area contributed by atoms with E-state index in [2.05, 4.69) is 4.98 Å². The van der Waals surface area contributed by atoms with Crippen molar-refractivity contribution in [1.82, 2.24) is 4.98 Å². The van der Waals surface area contributed by atoms with Gasteiger partial charge in [-0.1, -0.05) is 13.8 Å². The molecule has 0 bridgehead atoms. The number of hydrogen-bond acceptors (Lipinski definition) is 3. The van der Waals surface area contributed by atoms with E-state index in [-0.39, 0.29) is 5.69 Å². The second kappa shape index (κ2) is 4.09. The summed E-state index contributed by atoms with van der Waals surface area (Å²) in [4.78, 5) is 14.8. The highest BCUT2D eigenvalue weighted by atomic mass is 16.5. The van der Waals surface area contributed by atoms with E-state index in [1.54, 1.807) is 19.4 Å². The van der Waals surface area contributed by atoms with Crippen molar-refractivity contribution < 1.29 is 9.53 Å². The van der Waals surface area contributed by atoms with Gasteiger partial charge in [0.2, 0.25) is 0 Å². The molecule has 0 fully saturated rings. The molecule has 1 rings (SSSR count). The molecule has 4 nitrogen and oxygen atoms in total. The molecule has 4 heteroatoms. The highest BCUT2D eigenvalue weighted by Gasteiger charge is 2.11. The Morgan fingerprint density at radius 3 is 2.64 bits per heavy atom. The average Bonchev–Trinajstić information content (AvgIpc) is 2.16. The molecule has 0 aliphatic carbocycles. The third-order valence-electron chi connectivity index (χ3n) is 1.99. The number of nitrogens with two attached hydrogens (primary N) is 1. The zero-order valence-electron chi connectivity index (χ0n) is 8.57. The molecule has 1 aromatic rings. The molecule has 0 saturated heterocycles. The van der Waals surface area contributed by atoms with Gasteiger partial charge < -0.3 is 10.5 Å². The Kier molecular flexibility index (Phi) is 3.06. The zero-order valence-corrected chi connectivity index (χ0v) is 8.57. The van der Waals surface area contributed by atoms with Crippen LogP contribution in [-0.4, -0.2) is 18.0 Å². The number of carbonyl (C=O) groups excluding carboxylic acids is 1. The lowest BCUT2D eigenvalue weighted by atomic mass is 10.0. The first-order chi connectivity index (χ1) is 6.56. The van der Waals surface area contributed by atoms with E-state index in [9.17, 15) is 4.79 Å². The average molecular weight is 194 g/mol. The Hall–Kier alpha value is -1.58. The summed E-state index contributed by atoms with van der Waals surface area (Å²) in [5.41, 5.74) is 6.30. The molecular weight excluding hydrogens is 180 g/mol. The lowest BCUT2D eigenvalue weighted by molar-refractivity contribution is 0.0995. The number of ether oxygens (including phenoxy) is 1. The minimum atomic E-state index is -0.543. The minimum absolute atomic E-state index is 0.228. The van der Waals surface area contributed by atoms with E-state index >= 15 is 0 Å². The second-order valence-corrected chi connectivity index (χ2v) is 3.33. The molecule has 0 radical (unpaired) electrons. The van der Waals surface area contributed by atoms with Crippen LogP contribution in [0.3, 0.4) is 0 Å². The van der Waals surface area contributed by atoms with Crippen molar-refractivity contribution in [3.05, 3.63) is 23.5 Å². The topological polar surface area (TPSA) is 65.2 Å². The Morgan fingerprint density at radius 1 is 1.57 bits per heavy atom. The standard InChI is InChI=1S/C10H14N2O2/c1-6(2)7-5-12-8(10(11)13)4-9(7)14-3/h4-6H,1-3H3,(H2,11,13). The highest BCUT2D eigenvalue weighted by Crippen LogP contribution is 2.25. The molecule has 76 valence electrons. The van der Waals surface area contributed by atoms with Gasteiger partial charge in [-0.05, 0) is 5.92 Å². The maximum Gasteiger partial charge on any atom is 0.267 e. The van der Waals surface area contributed by atoms with Crippen LogP contribution >= 0.6 is 0 Å². The number of nitrogens with zero attached hydrogens (tertiary/aromatic N) is 1. The van der Waals surface area contributed by atoms with Crippen molar-refractivity contribution in [3.8, 4) is 5.75 Å². The molecule has 0 unspecified atom stereocenters. The first-order valence-electron chi connectivity index (χ1n) is 4.40. The van der Waals surface area contributed by atoms with Crippen LogP contribution in [0.4, 0.5) is 0 Å². The molecule has 1 amide bonds. The van der Waals surface area contributed by atoms with Gasteiger partial charge >= 0.3 is 0 Å². The van der Waals surface area contributed by atoms with Crippen LogP contribution in [0.15, 0.2) is 12.3 Å². The number of primary amides is 1. The fraction of sp³-hybridized carbons (Fsp3) is 0.400. The third kappa shape index (κ3) is 2.02. The summed E-state index contributed by atoms with van der Waals surface area (Å²) in [5.74, 6) is 0.418. The first kappa shape index (κ1) is 10.5. The summed E-state index contributed by atoms with van der Waals surface area (Å²) in [7, 11) is 1.56. The van der Waals surface area contributed by atoms with E-state index in [4.69, 9.17) is 10.5 Å². The Bertz CT molecular complexity index is 348. The number of carbonyl (C=O) groups is 1. The highest BCUT2D eigenvalue weighted by molar-refractivity contribution is 5.91. The second-order valence-electron chi connectivity index (χ2n) is 3.33. The van der Waals surface area contributed by atoms with Gasteiger partial charge in [-0.3, -0.25) is 9.78 Å². The summed E-state index contributed by atoms with van der Waals surface area (Å²) >= 11 is 0. The Labute approximate surface area is 83.1 Å². The van der Waals surface area contributed by atoms with Crippen molar-refractivity contribution in [1.29, 1.82) is 0 Å². The predicted molar refractivity (Wildman–Crippen MR) is 53.4 cm³/mol. The molecule has 1 aromatic heterocycles. The number of methoxy groups -OCH3 is 1. The van der Waals surface area contributed by atoms with E-state index < -0.39 is 5.91 Å². The van der Waals surface area contributed by atoms with Gasteiger partial charge in [0.1, 0.15) is 11.4 Å². The van der Waals surface area contributed by atoms with E-state index in [1.165, 1.54) is 0 Å². The molecule has 0 aromatic carbocycles. The van der Waals surface area contributed by atoms with Crippen LogP contribution in [0.2, 0.25) is 0 Å². The molecule has 2 N–H and O–H groups in total. The van der Waals surface area contributed by atoms with E-state index in [0.29, 0.717) is 11.7 Å². The van der Waals surface area contributed by atoms with Gasteiger partial charge in [-0.2, -0.15) is 0 Å². The van der Waals surface area contributed by atoms with E-state index in [1.807, 2.05) is 13.8 Å². The van der Waals surface area contributed by atoms with Crippen LogP contribution in [0.1, 0.15) is 35.8 Å². The van der Waals surface area contributed by atoms with E-state index in [0.717, 1.165) is 5.56 Å². The summed E-state index contributed by atoms with van der Waals surface area (Å²) in [6.07, 6.45) is 1.63. The molecule has 0 aliphatic heterocycles. The number of hydrogen-bond donors (Lipinski definition) is 1. The fourth-order valence-corrected chi connectivity index (χ4v) is 1.19. The maximum atomic E-state index is 10.9. The van der Waals surface area contributed by atoms with Gasteiger partial charge in [0.05, 0.1) is 7.11 Å². The predicted octanol–water partition coefficient (Wildman–Crippen LogP) is 1.31. The lowest BCUT2D eigenvalue weighted by Gasteiger charge is -2.11. The molecule has 0 aliphatic rings. The molecule has 1 heterocycles. The van der Waals surface area contributed by atoms with Gasteiger partial charge in [0.15, 0.2) is 0 Å². The van der Waals surface area contributed by atoms with Gasteiger partial charge in [0.25, 0.3) is 5.91 Å². The smallest absolute Gasteiger partial charge is 0.267 e. The molecule has 0 spiro atoms. The van der Waals surface area contributed by atoms with Crippen LogP contribution in [-0.2, 0) is 0 Å². The Balaban J connectivity index is 3.18.